The lowest BCUT2D eigenvalue weighted by molar-refractivity contribution is -0.0965. The average Bonchev–Trinajstić information content (AvgIpc) is 2.84. The molecular weight excluding hydrogens is 517 g/mol. The first-order chi connectivity index (χ1) is 17.6. The fourth-order valence-electron chi connectivity index (χ4n) is 4.36. The van der Waals surface area contributed by atoms with Crippen molar-refractivity contribution in [3.63, 3.8) is 0 Å². The van der Waals surface area contributed by atoms with Crippen LogP contribution in [0.2, 0.25) is 0 Å². The van der Waals surface area contributed by atoms with Gasteiger partial charge in [-0.1, -0.05) is 0 Å². The maximum atomic E-state index is 14.5. The molecule has 0 aliphatic carbocycles. The summed E-state index contributed by atoms with van der Waals surface area (Å²) < 4.78 is 80.2. The van der Waals surface area contributed by atoms with E-state index in [1.54, 1.807) is 6.92 Å². The van der Waals surface area contributed by atoms with E-state index in [1.807, 2.05) is 0 Å². The fraction of sp³-hybridized carbons (Fsp3) is 0.522. The number of sulfone groups is 1. The minimum atomic E-state index is -3.56. The van der Waals surface area contributed by atoms with E-state index in [4.69, 9.17) is 14.2 Å². The minimum absolute atomic E-state index is 0.0264. The van der Waals surface area contributed by atoms with Crippen LogP contribution in [0.15, 0.2) is 29.4 Å². The number of aromatic nitrogens is 2. The van der Waals surface area contributed by atoms with Crippen LogP contribution in [0.5, 0.6) is 5.88 Å². The smallest absolute Gasteiger partial charge is 0.410 e. The van der Waals surface area contributed by atoms with Crippen molar-refractivity contribution in [3.8, 4) is 5.88 Å². The Kier molecular flexibility index (Phi) is 8.07. The Morgan fingerprint density at radius 3 is 2.49 bits per heavy atom. The van der Waals surface area contributed by atoms with Gasteiger partial charge in [0.15, 0.2) is 15.9 Å². The van der Waals surface area contributed by atoms with Crippen LogP contribution in [0.25, 0.3) is 0 Å². The lowest BCUT2D eigenvalue weighted by atomic mass is 9.92. The molecule has 2 bridgehead atoms. The van der Waals surface area contributed by atoms with E-state index in [0.717, 1.165) is 12.3 Å². The van der Waals surface area contributed by atoms with Gasteiger partial charge < -0.3 is 19.5 Å². The predicted molar refractivity (Wildman–Crippen MR) is 126 cm³/mol. The molecule has 2 fully saturated rings. The molecule has 202 valence electrons. The second-order valence-corrected chi connectivity index (χ2v) is 11.0. The van der Waals surface area contributed by atoms with Crippen LogP contribution in [0.1, 0.15) is 18.4 Å². The van der Waals surface area contributed by atoms with Gasteiger partial charge in [-0.25, -0.2) is 36.4 Å². The van der Waals surface area contributed by atoms with Gasteiger partial charge >= 0.3 is 6.09 Å². The molecule has 2 aliphatic heterocycles. The number of alkyl halides is 2. The summed E-state index contributed by atoms with van der Waals surface area (Å²) >= 11 is 0. The van der Waals surface area contributed by atoms with Crippen molar-refractivity contribution in [2.45, 2.75) is 49.0 Å². The molecule has 2 aliphatic rings. The van der Waals surface area contributed by atoms with Crippen molar-refractivity contribution in [2.75, 3.05) is 38.1 Å². The van der Waals surface area contributed by atoms with Gasteiger partial charge in [-0.05, 0) is 25.1 Å². The van der Waals surface area contributed by atoms with Crippen molar-refractivity contribution < 1.29 is 40.6 Å². The van der Waals surface area contributed by atoms with Gasteiger partial charge in [0.2, 0.25) is 5.88 Å². The van der Waals surface area contributed by atoms with Crippen LogP contribution in [0.3, 0.4) is 0 Å². The van der Waals surface area contributed by atoms with Crippen LogP contribution in [0, 0.1) is 12.7 Å². The highest BCUT2D eigenvalue weighted by Gasteiger charge is 2.44. The van der Waals surface area contributed by atoms with Gasteiger partial charge in [-0.2, -0.15) is 0 Å². The lowest BCUT2D eigenvalue weighted by Gasteiger charge is -2.47. The summed E-state index contributed by atoms with van der Waals surface area (Å²) in [7, 11) is -3.56. The van der Waals surface area contributed by atoms with E-state index in [2.05, 4.69) is 15.3 Å². The number of halogens is 3. The second kappa shape index (κ2) is 11.1. The monoisotopic (exact) mass is 544 g/mol. The highest BCUT2D eigenvalue weighted by atomic mass is 32.2. The van der Waals surface area contributed by atoms with Crippen molar-refractivity contribution in [2.24, 2.45) is 0 Å². The lowest BCUT2D eigenvalue weighted by Crippen LogP contribution is -2.61. The van der Waals surface area contributed by atoms with Crippen molar-refractivity contribution in [1.82, 2.24) is 14.9 Å². The van der Waals surface area contributed by atoms with E-state index in [0.29, 0.717) is 18.4 Å². The third-order valence-electron chi connectivity index (χ3n) is 6.24. The molecule has 2 atom stereocenters. The highest BCUT2D eigenvalue weighted by molar-refractivity contribution is 7.90. The third-order valence-corrected chi connectivity index (χ3v) is 7.35. The van der Waals surface area contributed by atoms with Gasteiger partial charge in [-0.3, -0.25) is 4.90 Å². The van der Waals surface area contributed by atoms with E-state index < -0.39 is 53.3 Å². The van der Waals surface area contributed by atoms with Crippen LogP contribution in [-0.4, -0.2) is 86.5 Å². The molecule has 2 aromatic rings. The number of piperidine rings is 1. The zero-order chi connectivity index (χ0) is 26.7. The molecule has 4 rings (SSSR count). The van der Waals surface area contributed by atoms with Crippen LogP contribution in [0.4, 0.5) is 29.5 Å². The number of ether oxygens (including phenoxy) is 3. The van der Waals surface area contributed by atoms with E-state index in [1.165, 1.54) is 23.4 Å². The largest absolute Gasteiger partial charge is 0.474 e. The Balaban J connectivity index is 1.46. The summed E-state index contributed by atoms with van der Waals surface area (Å²) in [6.07, 6.45) is 0.401. The fourth-order valence-corrected chi connectivity index (χ4v) is 4.99. The average molecular weight is 545 g/mol. The van der Waals surface area contributed by atoms with Crippen LogP contribution < -0.4 is 10.1 Å². The third kappa shape index (κ3) is 6.06. The molecule has 3 heterocycles. The maximum absolute atomic E-state index is 14.5. The Bertz CT molecular complexity index is 1230. The van der Waals surface area contributed by atoms with E-state index in [-0.39, 0.29) is 41.6 Å². The number of amides is 1. The molecule has 2 saturated heterocycles. The molecular formula is C23H27F3N4O6S. The number of hydrogen-bond donors (Lipinski definition) is 1. The van der Waals surface area contributed by atoms with Gasteiger partial charge in [0.1, 0.15) is 37.4 Å². The van der Waals surface area contributed by atoms with Crippen molar-refractivity contribution in [1.29, 1.82) is 0 Å². The van der Waals surface area contributed by atoms with E-state index in [9.17, 15) is 26.4 Å². The quantitative estimate of drug-likeness (QED) is 0.535. The first kappa shape index (κ1) is 26.9. The molecule has 0 spiro atoms. The number of nitrogens with one attached hydrogen (secondary N) is 1. The first-order valence-electron chi connectivity index (χ1n) is 11.5. The van der Waals surface area contributed by atoms with Crippen molar-refractivity contribution in [3.05, 3.63) is 35.9 Å². The summed E-state index contributed by atoms with van der Waals surface area (Å²) in [5.41, 5.74) is 0.518. The Labute approximate surface area is 212 Å². The Morgan fingerprint density at radius 2 is 1.89 bits per heavy atom. The molecule has 1 aromatic carbocycles. The number of hydrogen-bond acceptors (Lipinski definition) is 9. The highest BCUT2D eigenvalue weighted by Crippen LogP contribution is 2.33. The molecule has 37 heavy (non-hydrogen) atoms. The van der Waals surface area contributed by atoms with Gasteiger partial charge in [0.05, 0.1) is 41.4 Å². The Hall–Kier alpha value is -3.13. The summed E-state index contributed by atoms with van der Waals surface area (Å²) in [5, 5.41) is 2.84. The van der Waals surface area contributed by atoms with Gasteiger partial charge in [0.25, 0.3) is 0 Å². The molecule has 1 aromatic heterocycles. The van der Waals surface area contributed by atoms with Crippen LogP contribution in [-0.2, 0) is 19.3 Å². The van der Waals surface area contributed by atoms with Crippen LogP contribution >= 0.6 is 0 Å². The molecule has 0 radical (unpaired) electrons. The predicted octanol–water partition coefficient (Wildman–Crippen LogP) is 3.13. The van der Waals surface area contributed by atoms with E-state index >= 15 is 0 Å². The number of benzene rings is 1. The van der Waals surface area contributed by atoms with Gasteiger partial charge in [0, 0.05) is 19.1 Å². The summed E-state index contributed by atoms with van der Waals surface area (Å²) in [5.74, 6) is -0.247. The Morgan fingerprint density at radius 1 is 1.22 bits per heavy atom. The maximum Gasteiger partial charge on any atom is 0.410 e. The zero-order valence-corrected chi connectivity index (χ0v) is 21.0. The van der Waals surface area contributed by atoms with Crippen molar-refractivity contribution >= 4 is 27.4 Å². The molecule has 1 amide bonds. The molecule has 10 nitrogen and oxygen atoms in total. The number of fused-ring (bicyclic) bond motifs is 2. The topological polar surface area (TPSA) is 120 Å². The SMILES string of the molecule is Cc1c(Nc2ccc(S(C)(=O)=O)cc2F)ncnc1OC1CC2COCC(C1)N2C(=O)OC(CF)CF. The number of carbonyl (C=O) groups excluding carboxylic acids is 1. The normalized spacial score (nSPS) is 21.6. The zero-order valence-electron chi connectivity index (χ0n) is 20.2. The standard InChI is InChI=1S/C23H27F3N4O6S/c1-13-21(29-20-4-3-18(7-19(20)26)37(2,32)33)27-12-28-22(13)35-16-5-14-10-34-11-15(6-16)30(14)23(31)36-17(8-24)9-25/h3-4,7,12,14-17H,5-6,8-11H2,1-2H3,(H,27,28,29). The number of carbonyl (C=O) groups is 1. The molecule has 2 unspecified atom stereocenters. The summed E-state index contributed by atoms with van der Waals surface area (Å²) in [6, 6.07) is 2.70. The summed E-state index contributed by atoms with van der Waals surface area (Å²) in [6.45, 7) is -0.0875. The summed E-state index contributed by atoms with van der Waals surface area (Å²) in [4.78, 5) is 22.2. The van der Waals surface area contributed by atoms with Gasteiger partial charge in [-0.15, -0.1) is 0 Å². The number of anilines is 2. The molecule has 14 heteroatoms. The molecule has 0 saturated carbocycles. The minimum Gasteiger partial charge on any atom is -0.474 e. The first-order valence-corrected chi connectivity index (χ1v) is 13.4. The number of morpholine rings is 1. The molecule has 1 N–H and O–H groups in total. The number of nitrogens with zero attached hydrogens (tertiary/aromatic N) is 3. The second-order valence-electron chi connectivity index (χ2n) is 8.97. The number of rotatable bonds is 8.